The van der Waals surface area contributed by atoms with Crippen molar-refractivity contribution in [1.82, 2.24) is 15.1 Å². The van der Waals surface area contributed by atoms with Gasteiger partial charge in [0.2, 0.25) is 5.91 Å². The number of carbonyl (C=O) groups is 2. The molecule has 2 unspecified atom stereocenters. The number of rotatable bonds is 5. The fraction of sp³-hybridized carbons (Fsp3) is 0.417. The zero-order valence-electron chi connectivity index (χ0n) is 18.2. The molecule has 0 aliphatic carbocycles. The lowest BCUT2D eigenvalue weighted by Crippen LogP contribution is -2.54. The number of nitrogens with zero attached hydrogens (tertiary/aromatic N) is 3. The van der Waals surface area contributed by atoms with Gasteiger partial charge in [-0.3, -0.25) is 4.79 Å². The summed E-state index contributed by atoms with van der Waals surface area (Å²) in [7, 11) is 1.67. The fourth-order valence-electron chi connectivity index (χ4n) is 4.42. The Labute approximate surface area is 183 Å². The molecule has 0 aromatic heterocycles. The van der Waals surface area contributed by atoms with Gasteiger partial charge < -0.3 is 24.8 Å². The van der Waals surface area contributed by atoms with Gasteiger partial charge in [0, 0.05) is 39.1 Å². The third kappa shape index (κ3) is 4.60. The fourth-order valence-corrected chi connectivity index (χ4v) is 4.42. The first-order valence-corrected chi connectivity index (χ1v) is 10.8. The largest absolute Gasteiger partial charge is 0.495 e. The molecule has 2 aromatic rings. The minimum absolute atomic E-state index is 0.000000269. The van der Waals surface area contributed by atoms with Crippen LogP contribution >= 0.6 is 0 Å². The molecule has 2 aliphatic heterocycles. The highest BCUT2D eigenvalue weighted by Gasteiger charge is 2.35. The summed E-state index contributed by atoms with van der Waals surface area (Å²) in [5, 5.41) is 3.07. The van der Waals surface area contributed by atoms with Crippen LogP contribution in [0.1, 0.15) is 24.9 Å². The van der Waals surface area contributed by atoms with Gasteiger partial charge in [-0.25, -0.2) is 4.79 Å². The standard InChI is InChI=1S/C24H30N4O3/c1-18(19-8-4-3-5-9-19)28-17-20(16-23(28)29)25-24(30)27-14-12-26(13-15-27)21-10-6-7-11-22(21)31-2/h3-11,18,20H,12-17H2,1-2H3,(H,25,30). The van der Waals surface area contributed by atoms with Crippen molar-refractivity contribution in [2.24, 2.45) is 0 Å². The van der Waals surface area contributed by atoms with Crippen LogP contribution in [0.3, 0.4) is 0 Å². The zero-order chi connectivity index (χ0) is 21.8. The quantitative estimate of drug-likeness (QED) is 0.805. The third-order valence-electron chi connectivity index (χ3n) is 6.23. The normalized spacial score (nSPS) is 20.0. The summed E-state index contributed by atoms with van der Waals surface area (Å²) < 4.78 is 5.46. The molecule has 7 nitrogen and oxygen atoms in total. The monoisotopic (exact) mass is 422 g/mol. The second kappa shape index (κ2) is 9.29. The van der Waals surface area contributed by atoms with E-state index in [1.807, 2.05) is 71.3 Å². The second-order valence-corrected chi connectivity index (χ2v) is 8.13. The van der Waals surface area contributed by atoms with E-state index < -0.39 is 0 Å². The molecule has 2 aliphatic rings. The van der Waals surface area contributed by atoms with Gasteiger partial charge in [-0.2, -0.15) is 0 Å². The van der Waals surface area contributed by atoms with Crippen LogP contribution in [0.15, 0.2) is 54.6 Å². The van der Waals surface area contributed by atoms with Crippen molar-refractivity contribution in [3.63, 3.8) is 0 Å². The number of benzene rings is 2. The van der Waals surface area contributed by atoms with Gasteiger partial charge in [-0.05, 0) is 24.6 Å². The molecule has 4 rings (SSSR count). The SMILES string of the molecule is COc1ccccc1N1CCN(C(=O)NC2CC(=O)N(C(C)c3ccccc3)C2)CC1. The lowest BCUT2D eigenvalue weighted by atomic mass is 10.1. The highest BCUT2D eigenvalue weighted by molar-refractivity contribution is 5.82. The third-order valence-corrected chi connectivity index (χ3v) is 6.23. The number of likely N-dealkylation sites (tertiary alicyclic amines) is 1. The maximum atomic E-state index is 12.8. The average molecular weight is 423 g/mol. The predicted molar refractivity (Wildman–Crippen MR) is 120 cm³/mol. The van der Waals surface area contributed by atoms with Gasteiger partial charge in [0.05, 0.1) is 24.9 Å². The zero-order valence-corrected chi connectivity index (χ0v) is 18.2. The molecule has 1 N–H and O–H groups in total. The number of urea groups is 1. The Hall–Kier alpha value is -3.22. The van der Waals surface area contributed by atoms with Crippen LogP contribution in [-0.4, -0.2) is 67.6 Å². The first kappa shape index (κ1) is 21.0. The van der Waals surface area contributed by atoms with E-state index >= 15 is 0 Å². The molecule has 164 valence electrons. The van der Waals surface area contributed by atoms with Crippen molar-refractivity contribution >= 4 is 17.6 Å². The topological polar surface area (TPSA) is 65.1 Å². The molecule has 2 atom stereocenters. The molecule has 0 saturated carbocycles. The van der Waals surface area contributed by atoms with Crippen molar-refractivity contribution in [1.29, 1.82) is 0 Å². The van der Waals surface area contributed by atoms with E-state index in [0.29, 0.717) is 26.1 Å². The van der Waals surface area contributed by atoms with E-state index in [2.05, 4.69) is 10.2 Å². The Bertz CT molecular complexity index is 912. The first-order valence-electron chi connectivity index (χ1n) is 10.8. The molecular formula is C24H30N4O3. The van der Waals surface area contributed by atoms with Gasteiger partial charge in [-0.1, -0.05) is 42.5 Å². The van der Waals surface area contributed by atoms with Crippen molar-refractivity contribution in [2.45, 2.75) is 25.4 Å². The summed E-state index contributed by atoms with van der Waals surface area (Å²) in [6.07, 6.45) is 0.351. The summed E-state index contributed by atoms with van der Waals surface area (Å²) in [5.41, 5.74) is 2.16. The molecule has 2 heterocycles. The maximum absolute atomic E-state index is 12.8. The molecular weight excluding hydrogens is 392 g/mol. The lowest BCUT2D eigenvalue weighted by molar-refractivity contribution is -0.129. The Morgan fingerprint density at radius 1 is 1.03 bits per heavy atom. The number of piperazine rings is 1. The van der Waals surface area contributed by atoms with Gasteiger partial charge in [-0.15, -0.1) is 0 Å². The number of nitrogens with one attached hydrogen (secondary N) is 1. The Kier molecular flexibility index (Phi) is 6.30. The van der Waals surface area contributed by atoms with Crippen molar-refractivity contribution in [2.75, 3.05) is 44.7 Å². The highest BCUT2D eigenvalue weighted by atomic mass is 16.5. The maximum Gasteiger partial charge on any atom is 0.317 e. The van der Waals surface area contributed by atoms with E-state index in [9.17, 15) is 9.59 Å². The van der Waals surface area contributed by atoms with Crippen LogP contribution in [0.5, 0.6) is 5.75 Å². The highest BCUT2D eigenvalue weighted by Crippen LogP contribution is 2.29. The molecule has 0 radical (unpaired) electrons. The van der Waals surface area contributed by atoms with Gasteiger partial charge in [0.25, 0.3) is 0 Å². The number of hydrogen-bond donors (Lipinski definition) is 1. The number of carbonyl (C=O) groups excluding carboxylic acids is 2. The summed E-state index contributed by atoms with van der Waals surface area (Å²) in [4.78, 5) is 31.3. The molecule has 7 heteroatoms. The number of methoxy groups -OCH3 is 1. The molecule has 2 fully saturated rings. The van der Waals surface area contributed by atoms with Crippen molar-refractivity contribution in [3.05, 3.63) is 60.2 Å². The predicted octanol–water partition coefficient (Wildman–Crippen LogP) is 2.89. The van der Waals surface area contributed by atoms with Gasteiger partial charge in [0.15, 0.2) is 0 Å². The van der Waals surface area contributed by atoms with E-state index in [-0.39, 0.29) is 24.0 Å². The number of ether oxygens (including phenoxy) is 1. The number of hydrogen-bond acceptors (Lipinski definition) is 4. The van der Waals surface area contributed by atoms with E-state index in [1.54, 1.807) is 7.11 Å². The van der Waals surface area contributed by atoms with E-state index in [1.165, 1.54) is 0 Å². The van der Waals surface area contributed by atoms with Gasteiger partial charge >= 0.3 is 6.03 Å². The summed E-state index contributed by atoms with van der Waals surface area (Å²) in [6.45, 7) is 5.34. The second-order valence-electron chi connectivity index (χ2n) is 8.13. The first-order chi connectivity index (χ1) is 15.1. The van der Waals surface area contributed by atoms with Crippen molar-refractivity contribution < 1.29 is 14.3 Å². The molecule has 2 saturated heterocycles. The van der Waals surface area contributed by atoms with E-state index in [0.717, 1.165) is 30.1 Å². The molecule has 3 amide bonds. The smallest absolute Gasteiger partial charge is 0.317 e. The van der Waals surface area contributed by atoms with Crippen LogP contribution in [0.2, 0.25) is 0 Å². The van der Waals surface area contributed by atoms with Crippen LogP contribution < -0.4 is 15.0 Å². The van der Waals surface area contributed by atoms with Crippen LogP contribution in [0.4, 0.5) is 10.5 Å². The Balaban J connectivity index is 1.30. The number of anilines is 1. The minimum Gasteiger partial charge on any atom is -0.495 e. The summed E-state index contributed by atoms with van der Waals surface area (Å²) in [5.74, 6) is 0.931. The van der Waals surface area contributed by atoms with Crippen LogP contribution in [-0.2, 0) is 4.79 Å². The minimum atomic E-state index is -0.154. The lowest BCUT2D eigenvalue weighted by Gasteiger charge is -2.37. The summed E-state index contributed by atoms with van der Waals surface area (Å²) >= 11 is 0. The molecule has 0 spiro atoms. The van der Waals surface area contributed by atoms with Crippen LogP contribution in [0.25, 0.3) is 0 Å². The molecule has 2 aromatic carbocycles. The number of amides is 3. The van der Waals surface area contributed by atoms with Crippen LogP contribution in [0, 0.1) is 0 Å². The number of para-hydroxylation sites is 2. The van der Waals surface area contributed by atoms with Crippen molar-refractivity contribution in [3.8, 4) is 5.75 Å². The summed E-state index contributed by atoms with van der Waals surface area (Å²) in [6, 6.07) is 17.7. The molecule has 31 heavy (non-hydrogen) atoms. The van der Waals surface area contributed by atoms with E-state index in [4.69, 9.17) is 4.74 Å². The Morgan fingerprint density at radius 2 is 1.71 bits per heavy atom. The average Bonchev–Trinajstić information content (AvgIpc) is 3.18. The molecule has 0 bridgehead atoms. The van der Waals surface area contributed by atoms with Gasteiger partial charge in [0.1, 0.15) is 5.75 Å². The Morgan fingerprint density at radius 3 is 2.42 bits per heavy atom.